The van der Waals surface area contributed by atoms with E-state index < -0.39 is 0 Å². The molecule has 0 bridgehead atoms. The minimum atomic E-state index is -0.387. The fourth-order valence-corrected chi connectivity index (χ4v) is 2.49. The summed E-state index contributed by atoms with van der Waals surface area (Å²) in [6, 6.07) is 5.02. The van der Waals surface area contributed by atoms with E-state index in [1.54, 1.807) is 12.1 Å². The molecule has 0 saturated carbocycles. The summed E-state index contributed by atoms with van der Waals surface area (Å²) in [4.78, 5) is 2.27. The number of amidine groups is 1. The van der Waals surface area contributed by atoms with E-state index in [2.05, 4.69) is 10.1 Å². The molecular formula is C14H20FN3O. The van der Waals surface area contributed by atoms with Gasteiger partial charge in [-0.1, -0.05) is 30.1 Å². The van der Waals surface area contributed by atoms with Crippen LogP contribution in [0.2, 0.25) is 0 Å². The van der Waals surface area contributed by atoms with E-state index in [1.165, 1.54) is 31.7 Å². The Kier molecular flexibility index (Phi) is 4.74. The van der Waals surface area contributed by atoms with Gasteiger partial charge in [0.2, 0.25) is 0 Å². The first-order valence-electron chi connectivity index (χ1n) is 6.70. The van der Waals surface area contributed by atoms with Crippen LogP contribution >= 0.6 is 0 Å². The molecule has 5 heteroatoms. The van der Waals surface area contributed by atoms with Crippen LogP contribution in [0.4, 0.5) is 4.39 Å². The smallest absolute Gasteiger partial charge is 0.173 e. The van der Waals surface area contributed by atoms with Crippen molar-refractivity contribution in [2.45, 2.75) is 32.2 Å². The summed E-state index contributed by atoms with van der Waals surface area (Å²) in [5.74, 6) is -0.572. The summed E-state index contributed by atoms with van der Waals surface area (Å²) in [6.45, 7) is 2.60. The molecule has 1 aliphatic heterocycles. The Morgan fingerprint density at radius 1 is 1.26 bits per heavy atom. The van der Waals surface area contributed by atoms with Crippen LogP contribution in [-0.2, 0) is 6.54 Å². The Morgan fingerprint density at radius 3 is 2.58 bits per heavy atom. The highest BCUT2D eigenvalue weighted by molar-refractivity contribution is 5.97. The van der Waals surface area contributed by atoms with Gasteiger partial charge in [0, 0.05) is 12.1 Å². The molecule has 0 radical (unpaired) electrons. The second kappa shape index (κ2) is 6.52. The molecule has 0 aliphatic carbocycles. The lowest BCUT2D eigenvalue weighted by molar-refractivity contribution is 0.273. The molecule has 3 N–H and O–H groups in total. The van der Waals surface area contributed by atoms with E-state index in [-0.39, 0.29) is 17.2 Å². The lowest BCUT2D eigenvalue weighted by Crippen LogP contribution is -2.25. The zero-order valence-electron chi connectivity index (χ0n) is 11.0. The molecule has 0 atom stereocenters. The summed E-state index contributed by atoms with van der Waals surface area (Å²) in [7, 11) is 0. The summed E-state index contributed by atoms with van der Waals surface area (Å²) in [5.41, 5.74) is 6.23. The molecule has 1 aromatic carbocycles. The van der Waals surface area contributed by atoms with E-state index >= 15 is 0 Å². The van der Waals surface area contributed by atoms with Gasteiger partial charge in [-0.2, -0.15) is 0 Å². The van der Waals surface area contributed by atoms with Crippen LogP contribution in [0.15, 0.2) is 23.4 Å². The first-order chi connectivity index (χ1) is 9.22. The van der Waals surface area contributed by atoms with Gasteiger partial charge in [-0.3, -0.25) is 4.90 Å². The molecule has 0 spiro atoms. The van der Waals surface area contributed by atoms with Crippen molar-refractivity contribution in [1.82, 2.24) is 4.90 Å². The van der Waals surface area contributed by atoms with Crippen molar-refractivity contribution >= 4 is 5.84 Å². The second-order valence-corrected chi connectivity index (χ2v) is 4.95. The minimum absolute atomic E-state index is 0.162. The van der Waals surface area contributed by atoms with Gasteiger partial charge in [0.1, 0.15) is 5.82 Å². The quantitative estimate of drug-likeness (QED) is 0.381. The molecule has 0 aromatic heterocycles. The van der Waals surface area contributed by atoms with Gasteiger partial charge in [-0.15, -0.1) is 0 Å². The van der Waals surface area contributed by atoms with Crippen molar-refractivity contribution in [2.24, 2.45) is 10.9 Å². The number of oxime groups is 1. The number of hydrogen-bond donors (Lipinski definition) is 2. The molecular weight excluding hydrogens is 245 g/mol. The fraction of sp³-hybridized carbons (Fsp3) is 0.500. The molecule has 1 saturated heterocycles. The van der Waals surface area contributed by atoms with Crippen LogP contribution in [0.3, 0.4) is 0 Å². The van der Waals surface area contributed by atoms with Crippen molar-refractivity contribution in [2.75, 3.05) is 13.1 Å². The molecule has 1 heterocycles. The Morgan fingerprint density at radius 2 is 1.95 bits per heavy atom. The Labute approximate surface area is 112 Å². The third kappa shape index (κ3) is 3.44. The van der Waals surface area contributed by atoms with E-state index in [9.17, 15) is 4.39 Å². The lowest BCUT2D eigenvalue weighted by atomic mass is 10.1. The molecule has 1 fully saturated rings. The van der Waals surface area contributed by atoms with Crippen molar-refractivity contribution in [3.8, 4) is 0 Å². The van der Waals surface area contributed by atoms with Crippen molar-refractivity contribution in [3.05, 3.63) is 35.1 Å². The number of rotatable bonds is 3. The van der Waals surface area contributed by atoms with Crippen LogP contribution in [-0.4, -0.2) is 29.0 Å². The summed E-state index contributed by atoms with van der Waals surface area (Å²) < 4.78 is 14.3. The molecule has 104 valence electrons. The lowest BCUT2D eigenvalue weighted by Gasteiger charge is -2.20. The number of nitrogens with two attached hydrogens (primary N) is 1. The number of nitrogens with zero attached hydrogens (tertiary/aromatic N) is 2. The van der Waals surface area contributed by atoms with Crippen LogP contribution in [0.5, 0.6) is 0 Å². The largest absolute Gasteiger partial charge is 0.409 e. The highest BCUT2D eigenvalue weighted by atomic mass is 19.1. The molecule has 19 heavy (non-hydrogen) atoms. The average molecular weight is 265 g/mol. The number of halogens is 1. The predicted octanol–water partition coefficient (Wildman–Crippen LogP) is 2.30. The predicted molar refractivity (Wildman–Crippen MR) is 72.7 cm³/mol. The maximum atomic E-state index is 14.3. The summed E-state index contributed by atoms with van der Waals surface area (Å²) in [6.07, 6.45) is 4.84. The maximum Gasteiger partial charge on any atom is 0.173 e. The normalized spacial score (nSPS) is 18.3. The van der Waals surface area contributed by atoms with Gasteiger partial charge < -0.3 is 10.9 Å². The average Bonchev–Trinajstić information content (AvgIpc) is 2.69. The monoisotopic (exact) mass is 265 g/mol. The van der Waals surface area contributed by atoms with Gasteiger partial charge in [-0.05, 0) is 32.0 Å². The zero-order chi connectivity index (χ0) is 13.7. The first-order valence-corrected chi connectivity index (χ1v) is 6.70. The van der Waals surface area contributed by atoms with E-state index in [1.807, 2.05) is 0 Å². The first kappa shape index (κ1) is 13.8. The second-order valence-electron chi connectivity index (χ2n) is 4.95. The van der Waals surface area contributed by atoms with Gasteiger partial charge >= 0.3 is 0 Å². The third-order valence-corrected chi connectivity index (χ3v) is 3.56. The standard InChI is InChI=1S/C14H20FN3O/c15-13-11(6-5-7-12(13)14(16)17-19)10-18-8-3-1-2-4-9-18/h5-7,19H,1-4,8-10H2,(H2,16,17). The SMILES string of the molecule is N/C(=N/O)c1cccc(CN2CCCCCC2)c1F. The van der Waals surface area contributed by atoms with Gasteiger partial charge in [-0.25, -0.2) is 4.39 Å². The van der Waals surface area contributed by atoms with Crippen LogP contribution in [0.25, 0.3) is 0 Å². The van der Waals surface area contributed by atoms with E-state index in [4.69, 9.17) is 10.9 Å². The van der Waals surface area contributed by atoms with Gasteiger partial charge in [0.05, 0.1) is 5.56 Å². The van der Waals surface area contributed by atoms with Crippen molar-refractivity contribution < 1.29 is 9.60 Å². The number of benzene rings is 1. The summed E-state index contributed by atoms with van der Waals surface area (Å²) >= 11 is 0. The molecule has 2 rings (SSSR count). The Balaban J connectivity index is 2.15. The molecule has 1 aromatic rings. The van der Waals surface area contributed by atoms with E-state index in [0.717, 1.165) is 13.1 Å². The Hall–Kier alpha value is -1.62. The fourth-order valence-electron chi connectivity index (χ4n) is 2.49. The van der Waals surface area contributed by atoms with E-state index in [0.29, 0.717) is 12.1 Å². The Bertz CT molecular complexity index is 454. The molecule has 1 aliphatic rings. The van der Waals surface area contributed by atoms with Gasteiger partial charge in [0.15, 0.2) is 5.84 Å². The highest BCUT2D eigenvalue weighted by Crippen LogP contribution is 2.17. The molecule has 4 nitrogen and oxygen atoms in total. The molecule has 0 unspecified atom stereocenters. The van der Waals surface area contributed by atoms with Gasteiger partial charge in [0.25, 0.3) is 0 Å². The maximum absolute atomic E-state index is 14.3. The topological polar surface area (TPSA) is 61.9 Å². The van der Waals surface area contributed by atoms with Crippen LogP contribution in [0.1, 0.15) is 36.8 Å². The van der Waals surface area contributed by atoms with Crippen LogP contribution in [0, 0.1) is 5.82 Å². The van der Waals surface area contributed by atoms with Crippen molar-refractivity contribution in [3.63, 3.8) is 0 Å². The van der Waals surface area contributed by atoms with Crippen LogP contribution < -0.4 is 5.73 Å². The zero-order valence-corrected chi connectivity index (χ0v) is 11.0. The third-order valence-electron chi connectivity index (χ3n) is 3.56. The number of likely N-dealkylation sites (tertiary alicyclic amines) is 1. The number of hydrogen-bond acceptors (Lipinski definition) is 3. The highest BCUT2D eigenvalue weighted by Gasteiger charge is 2.15. The summed E-state index contributed by atoms with van der Waals surface area (Å²) in [5, 5.41) is 11.5. The molecule has 0 amide bonds. The minimum Gasteiger partial charge on any atom is -0.409 e. The van der Waals surface area contributed by atoms with Crippen molar-refractivity contribution in [1.29, 1.82) is 0 Å².